The zero-order valence-corrected chi connectivity index (χ0v) is 13.4. The average molecular weight is 312 g/mol. The smallest absolute Gasteiger partial charge is 0.187 e. The van der Waals surface area contributed by atoms with E-state index in [9.17, 15) is 5.11 Å². The largest absolute Gasteiger partial charge is 0.380 e. The molecule has 5 aliphatic heterocycles. The average Bonchev–Trinajstić information content (AvgIpc) is 3.05. The van der Waals surface area contributed by atoms with Gasteiger partial charge in [-0.25, -0.2) is 0 Å². The molecule has 1 aromatic rings. The van der Waals surface area contributed by atoms with Crippen molar-refractivity contribution in [3.8, 4) is 0 Å². The monoisotopic (exact) mass is 312 g/mol. The molecule has 0 aliphatic carbocycles. The van der Waals surface area contributed by atoms with E-state index in [0.29, 0.717) is 24.9 Å². The second-order valence-electron chi connectivity index (χ2n) is 7.56. The van der Waals surface area contributed by atoms with E-state index in [1.54, 1.807) is 0 Å². The third-order valence-corrected chi connectivity index (χ3v) is 6.68. The van der Waals surface area contributed by atoms with Gasteiger partial charge in [-0.3, -0.25) is 4.90 Å². The van der Waals surface area contributed by atoms with Crippen LogP contribution in [-0.4, -0.2) is 41.5 Å². The number of nitrogens with zero attached hydrogens (tertiary/aromatic N) is 1. The van der Waals surface area contributed by atoms with Crippen molar-refractivity contribution in [3.05, 3.63) is 42.5 Å². The number of para-hydroxylation sites is 1. The minimum Gasteiger partial charge on any atom is -0.380 e. The maximum absolute atomic E-state index is 11.6. The lowest BCUT2D eigenvalue weighted by Gasteiger charge is -2.55. The van der Waals surface area contributed by atoms with Gasteiger partial charge in [-0.1, -0.05) is 24.3 Å². The van der Waals surface area contributed by atoms with Gasteiger partial charge in [0.05, 0.1) is 12.6 Å². The van der Waals surface area contributed by atoms with Gasteiger partial charge >= 0.3 is 0 Å². The maximum Gasteiger partial charge on any atom is 0.187 e. The zero-order chi connectivity index (χ0) is 15.7. The number of hydrogen-bond acceptors (Lipinski definition) is 4. The number of anilines is 1. The predicted molar refractivity (Wildman–Crippen MR) is 89.0 cm³/mol. The fraction of sp³-hybridized carbons (Fsp3) is 0.579. The summed E-state index contributed by atoms with van der Waals surface area (Å²) < 4.78 is 6.28. The first kappa shape index (κ1) is 14.0. The van der Waals surface area contributed by atoms with Crippen LogP contribution in [0.5, 0.6) is 0 Å². The fourth-order valence-electron chi connectivity index (χ4n) is 5.51. The molecular formula is C19H24N2O2. The Balaban J connectivity index is 1.57. The van der Waals surface area contributed by atoms with E-state index < -0.39 is 11.3 Å². The van der Waals surface area contributed by atoms with E-state index in [1.165, 1.54) is 6.42 Å². The Morgan fingerprint density at radius 3 is 3.04 bits per heavy atom. The van der Waals surface area contributed by atoms with Crippen molar-refractivity contribution in [1.29, 1.82) is 0 Å². The lowest BCUT2D eigenvalue weighted by atomic mass is 9.70. The Labute approximate surface area is 137 Å². The van der Waals surface area contributed by atoms with E-state index in [2.05, 4.69) is 28.9 Å². The van der Waals surface area contributed by atoms with Crippen LogP contribution in [0.1, 0.15) is 24.8 Å². The molecule has 4 fully saturated rings. The second kappa shape index (κ2) is 4.59. The van der Waals surface area contributed by atoms with Gasteiger partial charge < -0.3 is 15.2 Å². The summed E-state index contributed by atoms with van der Waals surface area (Å²) in [6, 6.07) is 8.35. The maximum atomic E-state index is 11.6. The van der Waals surface area contributed by atoms with E-state index in [1.807, 2.05) is 18.2 Å². The van der Waals surface area contributed by atoms with Crippen LogP contribution in [0.4, 0.5) is 5.69 Å². The molecule has 0 amide bonds. The summed E-state index contributed by atoms with van der Waals surface area (Å²) in [4.78, 5) is 2.52. The van der Waals surface area contributed by atoms with Gasteiger partial charge in [0.15, 0.2) is 5.72 Å². The highest BCUT2D eigenvalue weighted by atomic mass is 16.5. The highest BCUT2D eigenvalue weighted by Crippen LogP contribution is 2.57. The summed E-state index contributed by atoms with van der Waals surface area (Å²) in [5.41, 5.74) is 0.412. The first-order chi connectivity index (χ1) is 11.2. The summed E-state index contributed by atoms with van der Waals surface area (Å²) >= 11 is 0. The fourth-order valence-corrected chi connectivity index (χ4v) is 5.51. The van der Waals surface area contributed by atoms with Crippen molar-refractivity contribution >= 4 is 5.69 Å². The van der Waals surface area contributed by atoms with Crippen LogP contribution >= 0.6 is 0 Å². The minimum atomic E-state index is -0.921. The number of hydrogen-bond donors (Lipinski definition) is 2. The normalized spacial score (nSPS) is 47.0. The highest BCUT2D eigenvalue weighted by Gasteiger charge is 2.67. The molecule has 4 saturated heterocycles. The molecular weight excluding hydrogens is 288 g/mol. The molecule has 4 heteroatoms. The number of aliphatic hydroxyl groups is 1. The third-order valence-electron chi connectivity index (χ3n) is 6.68. The zero-order valence-electron chi connectivity index (χ0n) is 13.4. The lowest BCUT2D eigenvalue weighted by Crippen LogP contribution is -2.68. The lowest BCUT2D eigenvalue weighted by molar-refractivity contribution is -0.168. The van der Waals surface area contributed by atoms with Gasteiger partial charge in [0.25, 0.3) is 0 Å². The Hall–Kier alpha value is -1.36. The molecule has 1 aromatic carbocycles. The molecule has 0 radical (unpaired) electrons. The van der Waals surface area contributed by atoms with Crippen LogP contribution in [0, 0.1) is 11.8 Å². The van der Waals surface area contributed by atoms with Crippen molar-refractivity contribution in [2.45, 2.75) is 36.6 Å². The first-order valence-corrected chi connectivity index (χ1v) is 8.78. The highest BCUT2D eigenvalue weighted by molar-refractivity contribution is 5.63. The van der Waals surface area contributed by atoms with Crippen molar-refractivity contribution < 1.29 is 9.84 Å². The number of piperidine rings is 3. The number of benzene rings is 1. The number of fused-ring (bicyclic) bond motifs is 7. The van der Waals surface area contributed by atoms with Crippen molar-refractivity contribution in [2.24, 2.45) is 11.8 Å². The molecule has 0 saturated carbocycles. The minimum absolute atomic E-state index is 0.220. The Kier molecular flexibility index (Phi) is 2.80. The Morgan fingerprint density at radius 1 is 1.39 bits per heavy atom. The quantitative estimate of drug-likeness (QED) is 0.823. The van der Waals surface area contributed by atoms with Gasteiger partial charge in [-0.15, -0.1) is 6.58 Å². The summed E-state index contributed by atoms with van der Waals surface area (Å²) in [6.45, 7) is 6.76. The third kappa shape index (κ3) is 1.61. The topological polar surface area (TPSA) is 44.7 Å². The molecule has 2 N–H and O–H groups in total. The van der Waals surface area contributed by atoms with Crippen LogP contribution in [0.25, 0.3) is 0 Å². The van der Waals surface area contributed by atoms with Crippen LogP contribution in [-0.2, 0) is 10.3 Å². The van der Waals surface area contributed by atoms with E-state index in [4.69, 9.17) is 4.74 Å². The van der Waals surface area contributed by atoms with Gasteiger partial charge in [0.2, 0.25) is 0 Å². The molecule has 4 nitrogen and oxygen atoms in total. The number of ether oxygens (including phenoxy) is 1. The molecule has 23 heavy (non-hydrogen) atoms. The summed E-state index contributed by atoms with van der Waals surface area (Å²) in [6.07, 6.45) is 5.08. The van der Waals surface area contributed by atoms with E-state index in [0.717, 1.165) is 30.8 Å². The molecule has 5 heterocycles. The van der Waals surface area contributed by atoms with Crippen molar-refractivity contribution in [1.82, 2.24) is 4.90 Å². The first-order valence-electron chi connectivity index (χ1n) is 8.78. The number of nitrogens with one attached hydrogen (secondary N) is 1. The molecule has 6 rings (SSSR count). The standard InChI is InChI=1S/C19H24N2O2/c1-2-13-12-21-9-7-14(13)11-17(21)19-18(22,8-10-23-19)15-5-3-4-6-16(15)20-19/h2-6,13-14,17,20,22H,1,7-12H2/t13-,14-,17-,18+,19-/m0/s1. The Morgan fingerprint density at radius 2 is 2.26 bits per heavy atom. The SMILES string of the molecule is C=C[C@H]1CN2CC[C@H]1C[C@H]2[C@@]12Nc3ccccc3[C@]1(O)CCO2. The van der Waals surface area contributed by atoms with Crippen molar-refractivity contribution in [2.75, 3.05) is 25.0 Å². The molecule has 0 aromatic heterocycles. The predicted octanol–water partition coefficient (Wildman–Crippen LogP) is 2.31. The van der Waals surface area contributed by atoms with Crippen molar-refractivity contribution in [3.63, 3.8) is 0 Å². The summed E-state index contributed by atoms with van der Waals surface area (Å²) in [5, 5.41) is 15.2. The summed E-state index contributed by atoms with van der Waals surface area (Å²) in [5.74, 6) is 1.24. The molecule has 6 atom stereocenters. The Bertz CT molecular complexity index is 663. The van der Waals surface area contributed by atoms with Crippen LogP contribution in [0.2, 0.25) is 0 Å². The van der Waals surface area contributed by atoms with Gasteiger partial charge in [0.1, 0.15) is 5.60 Å². The molecule has 0 spiro atoms. The molecule has 122 valence electrons. The van der Waals surface area contributed by atoms with Gasteiger partial charge in [-0.2, -0.15) is 0 Å². The van der Waals surface area contributed by atoms with Crippen LogP contribution in [0.15, 0.2) is 36.9 Å². The van der Waals surface area contributed by atoms with Gasteiger partial charge in [0, 0.05) is 24.2 Å². The van der Waals surface area contributed by atoms with E-state index >= 15 is 0 Å². The number of rotatable bonds is 2. The van der Waals surface area contributed by atoms with Gasteiger partial charge in [-0.05, 0) is 37.3 Å². The molecule has 2 bridgehead atoms. The van der Waals surface area contributed by atoms with Crippen LogP contribution in [0.3, 0.4) is 0 Å². The van der Waals surface area contributed by atoms with E-state index in [-0.39, 0.29) is 6.04 Å². The summed E-state index contributed by atoms with van der Waals surface area (Å²) in [7, 11) is 0. The van der Waals surface area contributed by atoms with Crippen LogP contribution < -0.4 is 5.32 Å². The molecule has 1 unspecified atom stereocenters. The second-order valence-corrected chi connectivity index (χ2v) is 7.56. The molecule has 5 aliphatic rings.